The van der Waals surface area contributed by atoms with Crippen LogP contribution in [0.1, 0.15) is 44.4 Å². The van der Waals surface area contributed by atoms with Crippen LogP contribution in [-0.2, 0) is 9.31 Å². The lowest BCUT2D eigenvalue weighted by atomic mass is 9.77. The van der Waals surface area contributed by atoms with Crippen molar-refractivity contribution in [1.29, 1.82) is 0 Å². The van der Waals surface area contributed by atoms with E-state index < -0.39 is 18.3 Å². The largest absolute Gasteiger partial charge is 0.492 e. The molecule has 1 aliphatic rings. The SMILES string of the molecule is Cc1ccc(C=C(CO)B2OC(C)(C)C(C)(C)O2)c(C)c1. The lowest BCUT2D eigenvalue weighted by Gasteiger charge is -2.32. The van der Waals surface area contributed by atoms with Gasteiger partial charge < -0.3 is 14.4 Å². The number of aliphatic hydroxyl groups excluding tert-OH is 1. The first-order chi connectivity index (χ1) is 9.66. The highest BCUT2D eigenvalue weighted by Gasteiger charge is 2.52. The van der Waals surface area contributed by atoms with E-state index in [9.17, 15) is 5.11 Å². The number of aliphatic hydroxyl groups is 1. The van der Waals surface area contributed by atoms with Crippen LogP contribution in [0, 0.1) is 13.8 Å². The van der Waals surface area contributed by atoms with Crippen molar-refractivity contribution in [3.05, 3.63) is 40.4 Å². The summed E-state index contributed by atoms with van der Waals surface area (Å²) in [6, 6.07) is 6.26. The maximum absolute atomic E-state index is 9.71. The monoisotopic (exact) mass is 288 g/mol. The van der Waals surface area contributed by atoms with Crippen molar-refractivity contribution in [3.8, 4) is 0 Å². The van der Waals surface area contributed by atoms with Gasteiger partial charge in [0.05, 0.1) is 17.8 Å². The van der Waals surface area contributed by atoms with E-state index in [1.54, 1.807) is 0 Å². The van der Waals surface area contributed by atoms with Gasteiger partial charge >= 0.3 is 7.12 Å². The zero-order chi connectivity index (χ0) is 15.8. The molecule has 1 saturated heterocycles. The van der Waals surface area contributed by atoms with Gasteiger partial charge in [0.25, 0.3) is 0 Å². The van der Waals surface area contributed by atoms with Gasteiger partial charge in [-0.2, -0.15) is 0 Å². The zero-order valence-corrected chi connectivity index (χ0v) is 13.9. The first kappa shape index (κ1) is 16.3. The Morgan fingerprint density at radius 2 is 1.71 bits per heavy atom. The molecular formula is C17H25BO3. The minimum absolute atomic E-state index is 0.0792. The van der Waals surface area contributed by atoms with Crippen LogP contribution in [-0.4, -0.2) is 30.0 Å². The lowest BCUT2D eigenvalue weighted by Crippen LogP contribution is -2.41. The molecule has 1 aliphatic heterocycles. The molecule has 0 unspecified atom stereocenters. The third-order valence-corrected chi connectivity index (χ3v) is 4.50. The normalized spacial score (nSPS) is 20.9. The standard InChI is InChI=1S/C17H25BO3/c1-12-7-8-14(13(2)9-12)10-15(11-19)18-20-16(3,4)17(5,6)21-18/h7-10,19H,11H2,1-6H3. The summed E-state index contributed by atoms with van der Waals surface area (Å²) in [6.07, 6.45) is 1.97. The molecule has 0 aromatic heterocycles. The molecular weight excluding hydrogens is 263 g/mol. The van der Waals surface area contributed by atoms with Crippen LogP contribution >= 0.6 is 0 Å². The van der Waals surface area contributed by atoms with E-state index >= 15 is 0 Å². The minimum atomic E-state index is -0.499. The summed E-state index contributed by atoms with van der Waals surface area (Å²) in [5.41, 5.74) is 3.45. The van der Waals surface area contributed by atoms with Gasteiger partial charge in [-0.05, 0) is 58.1 Å². The van der Waals surface area contributed by atoms with E-state index in [1.807, 2.05) is 33.8 Å². The quantitative estimate of drug-likeness (QED) is 0.867. The summed E-state index contributed by atoms with van der Waals surface area (Å²) in [4.78, 5) is 0. The fourth-order valence-corrected chi connectivity index (χ4v) is 2.37. The van der Waals surface area contributed by atoms with Crippen molar-refractivity contribution < 1.29 is 14.4 Å². The summed E-state index contributed by atoms with van der Waals surface area (Å²) < 4.78 is 12.0. The minimum Gasteiger partial charge on any atom is -0.400 e. The Bertz CT molecular complexity index is 545. The number of aryl methyl sites for hydroxylation is 2. The molecule has 1 heterocycles. The van der Waals surface area contributed by atoms with E-state index in [1.165, 1.54) is 11.1 Å². The van der Waals surface area contributed by atoms with Gasteiger partial charge in [-0.15, -0.1) is 0 Å². The third-order valence-electron chi connectivity index (χ3n) is 4.50. The average molecular weight is 288 g/mol. The van der Waals surface area contributed by atoms with Gasteiger partial charge in [-0.1, -0.05) is 29.8 Å². The second-order valence-electron chi connectivity index (χ2n) is 6.83. The predicted molar refractivity (Wildman–Crippen MR) is 87.1 cm³/mol. The molecule has 21 heavy (non-hydrogen) atoms. The van der Waals surface area contributed by atoms with Crippen molar-refractivity contribution in [2.75, 3.05) is 6.61 Å². The molecule has 0 radical (unpaired) electrons. The number of hydrogen-bond donors (Lipinski definition) is 1. The van der Waals surface area contributed by atoms with E-state index in [2.05, 4.69) is 32.0 Å². The summed E-state index contributed by atoms with van der Waals surface area (Å²) in [5.74, 6) is 0. The van der Waals surface area contributed by atoms with Gasteiger partial charge in [0.2, 0.25) is 0 Å². The summed E-state index contributed by atoms with van der Waals surface area (Å²) in [7, 11) is -0.499. The van der Waals surface area contributed by atoms with Crippen LogP contribution in [0.4, 0.5) is 0 Å². The Balaban J connectivity index is 2.31. The number of hydrogen-bond acceptors (Lipinski definition) is 3. The smallest absolute Gasteiger partial charge is 0.400 e. The van der Waals surface area contributed by atoms with E-state index in [-0.39, 0.29) is 6.61 Å². The first-order valence-corrected chi connectivity index (χ1v) is 7.40. The molecule has 1 aromatic rings. The summed E-state index contributed by atoms with van der Waals surface area (Å²) >= 11 is 0. The van der Waals surface area contributed by atoms with Crippen LogP contribution in [0.2, 0.25) is 0 Å². The molecule has 0 bridgehead atoms. The molecule has 1 N–H and O–H groups in total. The molecule has 1 fully saturated rings. The number of benzene rings is 1. The molecule has 0 atom stereocenters. The molecule has 0 aliphatic carbocycles. The Morgan fingerprint density at radius 1 is 1.14 bits per heavy atom. The van der Waals surface area contributed by atoms with Crippen LogP contribution in [0.3, 0.4) is 0 Å². The Labute approximate surface area is 128 Å². The highest BCUT2D eigenvalue weighted by molar-refractivity contribution is 6.55. The average Bonchev–Trinajstić information content (AvgIpc) is 2.57. The van der Waals surface area contributed by atoms with Crippen LogP contribution in [0.25, 0.3) is 6.08 Å². The van der Waals surface area contributed by atoms with Crippen molar-refractivity contribution in [3.63, 3.8) is 0 Å². The predicted octanol–water partition coefficient (Wildman–Crippen LogP) is 3.31. The summed E-state index contributed by atoms with van der Waals surface area (Å²) in [5, 5.41) is 9.71. The third kappa shape index (κ3) is 3.23. The summed E-state index contributed by atoms with van der Waals surface area (Å²) in [6.45, 7) is 12.1. The van der Waals surface area contributed by atoms with Crippen molar-refractivity contribution in [2.45, 2.75) is 52.7 Å². The fraction of sp³-hybridized carbons (Fsp3) is 0.529. The maximum atomic E-state index is 9.71. The van der Waals surface area contributed by atoms with Gasteiger partial charge in [-0.25, -0.2) is 0 Å². The first-order valence-electron chi connectivity index (χ1n) is 7.40. The molecule has 0 saturated carbocycles. The highest BCUT2D eigenvalue weighted by Crippen LogP contribution is 2.38. The molecule has 1 aromatic carbocycles. The van der Waals surface area contributed by atoms with Gasteiger partial charge in [-0.3, -0.25) is 0 Å². The van der Waals surface area contributed by atoms with Crippen molar-refractivity contribution in [2.24, 2.45) is 0 Å². The van der Waals surface area contributed by atoms with Gasteiger partial charge in [0.1, 0.15) is 0 Å². The molecule has 4 heteroatoms. The van der Waals surface area contributed by atoms with E-state index in [0.29, 0.717) is 0 Å². The second-order valence-corrected chi connectivity index (χ2v) is 6.83. The second kappa shape index (κ2) is 5.60. The van der Waals surface area contributed by atoms with Crippen LogP contribution in [0.15, 0.2) is 23.7 Å². The Morgan fingerprint density at radius 3 is 2.19 bits per heavy atom. The zero-order valence-electron chi connectivity index (χ0n) is 13.9. The number of rotatable bonds is 3. The lowest BCUT2D eigenvalue weighted by molar-refractivity contribution is 0.00578. The fourth-order valence-electron chi connectivity index (χ4n) is 2.37. The molecule has 0 spiro atoms. The van der Waals surface area contributed by atoms with Crippen molar-refractivity contribution in [1.82, 2.24) is 0 Å². The Hall–Kier alpha value is -1.10. The maximum Gasteiger partial charge on any atom is 0.492 e. The molecule has 3 nitrogen and oxygen atoms in total. The molecule has 114 valence electrons. The van der Waals surface area contributed by atoms with E-state index in [0.717, 1.165) is 11.0 Å². The van der Waals surface area contributed by atoms with Crippen molar-refractivity contribution >= 4 is 13.2 Å². The van der Waals surface area contributed by atoms with Crippen LogP contribution in [0.5, 0.6) is 0 Å². The van der Waals surface area contributed by atoms with Gasteiger partial charge in [0.15, 0.2) is 0 Å². The Kier molecular flexibility index (Phi) is 4.34. The molecule has 0 amide bonds. The van der Waals surface area contributed by atoms with Crippen LogP contribution < -0.4 is 0 Å². The topological polar surface area (TPSA) is 38.7 Å². The molecule has 2 rings (SSSR count). The highest BCUT2D eigenvalue weighted by atomic mass is 16.7. The van der Waals surface area contributed by atoms with E-state index in [4.69, 9.17) is 9.31 Å². The van der Waals surface area contributed by atoms with Gasteiger partial charge in [0, 0.05) is 0 Å².